The quantitative estimate of drug-likeness (QED) is 0.490. The molecule has 0 saturated carbocycles. The van der Waals surface area contributed by atoms with Gasteiger partial charge in [0, 0.05) is 23.0 Å². The zero-order valence-electron chi connectivity index (χ0n) is 16.1. The van der Waals surface area contributed by atoms with Crippen molar-refractivity contribution in [2.75, 3.05) is 12.4 Å². The number of hydrogen-bond acceptors (Lipinski definition) is 4. The summed E-state index contributed by atoms with van der Waals surface area (Å²) in [6, 6.07) is 19.3. The normalized spacial score (nSPS) is 10.8. The van der Waals surface area contributed by atoms with Crippen molar-refractivity contribution in [2.24, 2.45) is 0 Å². The summed E-state index contributed by atoms with van der Waals surface area (Å²) < 4.78 is 11.2. The number of benzene rings is 3. The highest BCUT2D eigenvalue weighted by Gasteiger charge is 2.13. The van der Waals surface area contributed by atoms with Crippen LogP contribution >= 0.6 is 0 Å². The molecule has 28 heavy (non-hydrogen) atoms. The van der Waals surface area contributed by atoms with Crippen molar-refractivity contribution in [2.45, 2.75) is 13.8 Å². The second-order valence-corrected chi connectivity index (χ2v) is 6.89. The van der Waals surface area contributed by atoms with E-state index in [2.05, 4.69) is 37.4 Å². The zero-order chi connectivity index (χ0) is 19.7. The first kappa shape index (κ1) is 17.9. The molecule has 140 valence electrons. The maximum Gasteiger partial charge on any atom is 0.200 e. The molecule has 0 aliphatic carbocycles. The van der Waals surface area contributed by atoms with E-state index in [9.17, 15) is 4.79 Å². The second kappa shape index (κ2) is 7.24. The van der Waals surface area contributed by atoms with E-state index >= 15 is 0 Å². The summed E-state index contributed by atoms with van der Waals surface area (Å²) in [5.74, 6) is 0.641. The van der Waals surface area contributed by atoms with Crippen LogP contribution in [0.1, 0.15) is 11.1 Å². The highest BCUT2D eigenvalue weighted by molar-refractivity contribution is 5.86. The van der Waals surface area contributed by atoms with Crippen LogP contribution in [0.4, 0.5) is 11.4 Å². The van der Waals surface area contributed by atoms with Gasteiger partial charge in [-0.15, -0.1) is 0 Å². The first-order valence-corrected chi connectivity index (χ1v) is 9.09. The molecule has 0 aliphatic rings. The summed E-state index contributed by atoms with van der Waals surface area (Å²) in [4.78, 5) is 13.0. The van der Waals surface area contributed by atoms with E-state index in [4.69, 9.17) is 9.15 Å². The monoisotopic (exact) mass is 371 g/mol. The number of para-hydroxylation sites is 1. The van der Waals surface area contributed by atoms with Gasteiger partial charge in [0.2, 0.25) is 5.43 Å². The molecule has 0 amide bonds. The van der Waals surface area contributed by atoms with Crippen LogP contribution in [0.25, 0.3) is 22.1 Å². The van der Waals surface area contributed by atoms with Gasteiger partial charge in [0.15, 0.2) is 0 Å². The van der Waals surface area contributed by atoms with E-state index in [0.29, 0.717) is 22.3 Å². The first-order chi connectivity index (χ1) is 13.5. The summed E-state index contributed by atoms with van der Waals surface area (Å²) in [6.45, 7) is 4.13. The lowest BCUT2D eigenvalue weighted by molar-refractivity contribution is 0.416. The van der Waals surface area contributed by atoms with Gasteiger partial charge in [0.25, 0.3) is 0 Å². The average Bonchev–Trinajstić information content (AvgIpc) is 2.67. The van der Waals surface area contributed by atoms with Gasteiger partial charge in [-0.25, -0.2) is 0 Å². The van der Waals surface area contributed by atoms with E-state index in [1.807, 2.05) is 36.4 Å². The predicted molar refractivity (Wildman–Crippen MR) is 114 cm³/mol. The third-order valence-corrected chi connectivity index (χ3v) is 4.68. The maximum atomic E-state index is 13.0. The number of methoxy groups -OCH3 is 1. The maximum absolute atomic E-state index is 13.0. The van der Waals surface area contributed by atoms with E-state index in [-0.39, 0.29) is 5.43 Å². The van der Waals surface area contributed by atoms with Crippen molar-refractivity contribution < 1.29 is 9.15 Å². The minimum atomic E-state index is -0.0799. The van der Waals surface area contributed by atoms with Gasteiger partial charge in [-0.3, -0.25) is 4.79 Å². The molecule has 0 atom stereocenters. The largest absolute Gasteiger partial charge is 0.496 e. The van der Waals surface area contributed by atoms with E-state index in [1.165, 1.54) is 17.4 Å². The molecule has 0 radical (unpaired) electrons. The number of rotatable bonds is 4. The van der Waals surface area contributed by atoms with Crippen LogP contribution in [0.15, 0.2) is 76.1 Å². The highest BCUT2D eigenvalue weighted by atomic mass is 16.5. The van der Waals surface area contributed by atoms with Gasteiger partial charge in [-0.1, -0.05) is 24.3 Å². The van der Waals surface area contributed by atoms with E-state index < -0.39 is 0 Å². The number of aryl methyl sites for hydroxylation is 2. The van der Waals surface area contributed by atoms with Gasteiger partial charge in [-0.2, -0.15) is 0 Å². The van der Waals surface area contributed by atoms with Crippen LogP contribution in [-0.2, 0) is 0 Å². The number of nitrogens with one attached hydrogen (secondary N) is 1. The van der Waals surface area contributed by atoms with Crippen LogP contribution < -0.4 is 15.5 Å². The number of ether oxygens (including phenoxy) is 1. The summed E-state index contributed by atoms with van der Waals surface area (Å²) in [6.07, 6.45) is 1.50. The Balaban J connectivity index is 1.75. The Kier molecular flexibility index (Phi) is 4.62. The van der Waals surface area contributed by atoms with E-state index in [1.54, 1.807) is 13.2 Å². The lowest BCUT2D eigenvalue weighted by atomic mass is 10.0. The van der Waals surface area contributed by atoms with Crippen molar-refractivity contribution in [1.82, 2.24) is 0 Å². The van der Waals surface area contributed by atoms with Gasteiger partial charge in [-0.05, 0) is 55.3 Å². The summed E-state index contributed by atoms with van der Waals surface area (Å²) >= 11 is 0. The Hall–Kier alpha value is -3.53. The fraction of sp³-hybridized carbons (Fsp3) is 0.125. The van der Waals surface area contributed by atoms with Crippen molar-refractivity contribution in [3.05, 3.63) is 88.3 Å². The highest BCUT2D eigenvalue weighted by Crippen LogP contribution is 2.29. The van der Waals surface area contributed by atoms with Crippen LogP contribution in [0.2, 0.25) is 0 Å². The lowest BCUT2D eigenvalue weighted by Gasteiger charge is -2.10. The molecule has 0 unspecified atom stereocenters. The third-order valence-electron chi connectivity index (χ3n) is 4.68. The topological polar surface area (TPSA) is 51.5 Å². The van der Waals surface area contributed by atoms with Crippen LogP contribution in [0.3, 0.4) is 0 Å². The summed E-state index contributed by atoms with van der Waals surface area (Å²) in [5, 5.41) is 3.92. The van der Waals surface area contributed by atoms with Crippen LogP contribution in [0.5, 0.6) is 5.75 Å². The molecule has 0 saturated heterocycles. The Morgan fingerprint density at radius 2 is 1.61 bits per heavy atom. The Bertz CT molecular complexity index is 1200. The van der Waals surface area contributed by atoms with E-state index in [0.717, 1.165) is 16.9 Å². The first-order valence-electron chi connectivity index (χ1n) is 9.09. The molecule has 1 heterocycles. The fourth-order valence-electron chi connectivity index (χ4n) is 3.47. The van der Waals surface area contributed by atoms with Crippen molar-refractivity contribution in [3.63, 3.8) is 0 Å². The minimum absolute atomic E-state index is 0.0799. The zero-order valence-corrected chi connectivity index (χ0v) is 16.1. The van der Waals surface area contributed by atoms with Gasteiger partial charge in [0.05, 0.1) is 18.1 Å². The number of hydrogen-bond donors (Lipinski definition) is 1. The second-order valence-electron chi connectivity index (χ2n) is 6.89. The van der Waals surface area contributed by atoms with Gasteiger partial charge in [0.1, 0.15) is 17.6 Å². The Morgan fingerprint density at radius 1 is 0.857 bits per heavy atom. The predicted octanol–water partition coefficient (Wildman–Crippen LogP) is 5.83. The average molecular weight is 371 g/mol. The third kappa shape index (κ3) is 3.37. The number of anilines is 2. The van der Waals surface area contributed by atoms with Crippen LogP contribution in [0, 0.1) is 13.8 Å². The molecule has 0 fully saturated rings. The van der Waals surface area contributed by atoms with Crippen LogP contribution in [-0.4, -0.2) is 7.11 Å². The molecule has 4 rings (SSSR count). The Labute approximate surface area is 163 Å². The standard InChI is InChI=1S/C24H21NO3/c1-15-10-16(2)12-18(11-15)25-17-8-9-20-23(13-17)28-14-21(24(20)26)19-6-4-5-7-22(19)27-3/h4-14,25H,1-3H3. The smallest absolute Gasteiger partial charge is 0.200 e. The molecule has 3 aromatic carbocycles. The molecule has 0 aliphatic heterocycles. The van der Waals surface area contributed by atoms with Crippen molar-refractivity contribution in [3.8, 4) is 16.9 Å². The molecular formula is C24H21NO3. The minimum Gasteiger partial charge on any atom is -0.496 e. The fourth-order valence-corrected chi connectivity index (χ4v) is 3.47. The molecule has 0 spiro atoms. The molecular weight excluding hydrogens is 350 g/mol. The molecule has 4 heteroatoms. The van der Waals surface area contributed by atoms with Crippen molar-refractivity contribution >= 4 is 22.3 Å². The molecule has 4 aromatic rings. The SMILES string of the molecule is COc1ccccc1-c1coc2cc(Nc3cc(C)cc(C)c3)ccc2c1=O. The Morgan fingerprint density at radius 3 is 2.36 bits per heavy atom. The summed E-state index contributed by atoms with van der Waals surface area (Å²) in [5.41, 5.74) is 5.92. The molecule has 0 bridgehead atoms. The number of fused-ring (bicyclic) bond motifs is 1. The summed E-state index contributed by atoms with van der Waals surface area (Å²) in [7, 11) is 1.59. The van der Waals surface area contributed by atoms with Gasteiger partial charge < -0.3 is 14.5 Å². The molecule has 4 nitrogen and oxygen atoms in total. The van der Waals surface area contributed by atoms with Gasteiger partial charge >= 0.3 is 0 Å². The van der Waals surface area contributed by atoms with Crippen molar-refractivity contribution in [1.29, 1.82) is 0 Å². The molecule has 1 N–H and O–H groups in total. The lowest BCUT2D eigenvalue weighted by Crippen LogP contribution is -2.06. The molecule has 1 aromatic heterocycles.